The summed E-state index contributed by atoms with van der Waals surface area (Å²) in [5.74, 6) is 0. The number of carbonyl (C=O) groups is 1. The van der Waals surface area contributed by atoms with Crippen molar-refractivity contribution in [2.24, 2.45) is 0 Å². The standard InChI is InChI=1S/C86H106N2O/c1-8-12-16-20-24-28-56-85(57-29-25-21-17-13-9-2)81-60-68(64-89)38-52-77(81)78-53-41-70(61-82(78)85)69-39-48-74(49-40-69)88(73-46-36-67(7)37-47-73)76-51-55-80-79-54-50-75(87(71-42-32-65(5)33-43-71)72-44-34-66(6)35-45-72)62-83(79)86(84(80)63-76,58-30-26-22-18-14-10-3)59-31-27-23-19-15-11-4/h32-55,60-64H,8-31,56-59H2,1-7H3. The summed E-state index contributed by atoms with van der Waals surface area (Å²) >= 11 is 0. The molecule has 8 aromatic rings. The second kappa shape index (κ2) is 31.7. The van der Waals surface area contributed by atoms with Crippen LogP contribution in [0.15, 0.2) is 170 Å². The molecule has 0 aromatic heterocycles. The van der Waals surface area contributed by atoms with Crippen molar-refractivity contribution in [1.82, 2.24) is 0 Å². The van der Waals surface area contributed by atoms with Gasteiger partial charge in [0.15, 0.2) is 0 Å². The zero-order chi connectivity index (χ0) is 62.0. The Morgan fingerprint density at radius 1 is 0.281 bits per heavy atom. The molecule has 0 bridgehead atoms. The van der Waals surface area contributed by atoms with E-state index in [2.05, 4.69) is 222 Å². The maximum absolute atomic E-state index is 12.5. The second-order valence-corrected chi connectivity index (χ2v) is 27.1. The average molecular weight is 1180 g/mol. The minimum absolute atomic E-state index is 0.118. The number of hydrogen-bond acceptors (Lipinski definition) is 3. The van der Waals surface area contributed by atoms with Gasteiger partial charge in [-0.3, -0.25) is 4.79 Å². The van der Waals surface area contributed by atoms with Crippen LogP contribution in [-0.4, -0.2) is 6.29 Å². The van der Waals surface area contributed by atoms with Crippen LogP contribution < -0.4 is 9.80 Å². The average Bonchev–Trinajstić information content (AvgIpc) is 1.60. The third-order valence-electron chi connectivity index (χ3n) is 20.5. The predicted molar refractivity (Wildman–Crippen MR) is 385 cm³/mol. The SMILES string of the molecule is CCCCCCCCC1(CCCCCCCC)c2cc(C=O)ccc2-c2ccc(-c3ccc(N(c4ccc(C)cc4)c4ccc5c(c4)C(CCCCCCCC)(CCCCCCCC)c4cc(N(c6ccc(C)cc6)c6ccc(C)cc6)ccc4-5)cc3)cc21. The first-order valence-corrected chi connectivity index (χ1v) is 35.6. The molecule has 0 N–H and O–H groups in total. The summed E-state index contributed by atoms with van der Waals surface area (Å²) in [6.07, 6.45) is 36.2. The number of carbonyl (C=O) groups excluding carboxylic acids is 1. The van der Waals surface area contributed by atoms with Crippen LogP contribution in [0.1, 0.15) is 257 Å². The molecule has 89 heavy (non-hydrogen) atoms. The molecule has 0 saturated carbocycles. The highest BCUT2D eigenvalue weighted by Gasteiger charge is 2.45. The van der Waals surface area contributed by atoms with Gasteiger partial charge in [0.2, 0.25) is 0 Å². The van der Waals surface area contributed by atoms with E-state index in [9.17, 15) is 4.79 Å². The third kappa shape index (κ3) is 15.1. The van der Waals surface area contributed by atoms with E-state index >= 15 is 0 Å². The van der Waals surface area contributed by atoms with Crippen LogP contribution in [0.5, 0.6) is 0 Å². The van der Waals surface area contributed by atoms with Crippen LogP contribution in [0.3, 0.4) is 0 Å². The van der Waals surface area contributed by atoms with Gasteiger partial charge in [-0.25, -0.2) is 0 Å². The zero-order valence-corrected chi connectivity index (χ0v) is 55.8. The van der Waals surface area contributed by atoms with Crippen molar-refractivity contribution >= 4 is 40.4 Å². The Kier molecular flexibility index (Phi) is 23.1. The molecule has 0 unspecified atom stereocenters. The fourth-order valence-electron chi connectivity index (χ4n) is 15.4. The number of nitrogens with zero attached hydrogens (tertiary/aromatic N) is 2. The normalized spacial score (nSPS) is 13.2. The summed E-state index contributed by atoms with van der Waals surface area (Å²) in [6, 6.07) is 65.9. The molecule has 2 aliphatic rings. The molecule has 0 amide bonds. The summed E-state index contributed by atoms with van der Waals surface area (Å²) in [4.78, 5) is 17.5. The molecule has 10 rings (SSSR count). The Labute approximate surface area is 538 Å². The fourth-order valence-corrected chi connectivity index (χ4v) is 15.4. The van der Waals surface area contributed by atoms with Crippen LogP contribution in [0, 0.1) is 20.8 Å². The topological polar surface area (TPSA) is 23.6 Å². The minimum atomic E-state index is -0.150. The molecule has 0 heterocycles. The molecule has 3 nitrogen and oxygen atoms in total. The number of benzene rings is 8. The van der Waals surface area contributed by atoms with Gasteiger partial charge in [-0.1, -0.05) is 283 Å². The van der Waals surface area contributed by atoms with Crippen molar-refractivity contribution in [3.05, 3.63) is 214 Å². The van der Waals surface area contributed by atoms with Gasteiger partial charge in [-0.2, -0.15) is 0 Å². The van der Waals surface area contributed by atoms with E-state index < -0.39 is 0 Å². The molecule has 0 aliphatic heterocycles. The van der Waals surface area contributed by atoms with E-state index in [0.29, 0.717) is 0 Å². The Morgan fingerprint density at radius 2 is 0.551 bits per heavy atom. The van der Waals surface area contributed by atoms with Crippen molar-refractivity contribution in [2.45, 2.75) is 239 Å². The van der Waals surface area contributed by atoms with Crippen molar-refractivity contribution in [2.75, 3.05) is 9.80 Å². The maximum Gasteiger partial charge on any atom is 0.150 e. The lowest BCUT2D eigenvalue weighted by atomic mass is 9.70. The quantitative estimate of drug-likeness (QED) is 0.0289. The van der Waals surface area contributed by atoms with E-state index in [0.717, 1.165) is 43.2 Å². The Hall–Kier alpha value is -6.97. The van der Waals surface area contributed by atoms with Crippen molar-refractivity contribution < 1.29 is 4.79 Å². The fraction of sp³-hybridized carbons (Fsp3) is 0.430. The predicted octanol–water partition coefficient (Wildman–Crippen LogP) is 26.6. The molecule has 8 aromatic carbocycles. The van der Waals surface area contributed by atoms with Crippen LogP contribution >= 0.6 is 0 Å². The number of anilines is 6. The lowest BCUT2D eigenvalue weighted by Gasteiger charge is -2.35. The highest BCUT2D eigenvalue weighted by atomic mass is 16.1. The lowest BCUT2D eigenvalue weighted by molar-refractivity contribution is 0.112. The molecule has 466 valence electrons. The van der Waals surface area contributed by atoms with Gasteiger partial charge in [0.25, 0.3) is 0 Å². The molecular formula is C86H106N2O. The summed E-state index contributed by atoms with van der Waals surface area (Å²) in [7, 11) is 0. The number of fused-ring (bicyclic) bond motifs is 6. The van der Waals surface area contributed by atoms with E-state index in [4.69, 9.17) is 0 Å². The van der Waals surface area contributed by atoms with Crippen LogP contribution in [0.2, 0.25) is 0 Å². The van der Waals surface area contributed by atoms with E-state index in [1.807, 2.05) is 6.07 Å². The van der Waals surface area contributed by atoms with Crippen LogP contribution in [0.25, 0.3) is 33.4 Å². The van der Waals surface area contributed by atoms with Gasteiger partial charge in [0.1, 0.15) is 6.29 Å². The smallest absolute Gasteiger partial charge is 0.150 e. The van der Waals surface area contributed by atoms with E-state index in [-0.39, 0.29) is 10.8 Å². The van der Waals surface area contributed by atoms with Gasteiger partial charge in [0, 0.05) is 50.5 Å². The molecule has 2 aliphatic carbocycles. The highest BCUT2D eigenvalue weighted by Crippen LogP contribution is 2.58. The summed E-state index contributed by atoms with van der Waals surface area (Å²) in [5, 5.41) is 0. The molecule has 0 spiro atoms. The molecule has 0 atom stereocenters. The lowest BCUT2D eigenvalue weighted by Crippen LogP contribution is -2.26. The zero-order valence-electron chi connectivity index (χ0n) is 55.8. The maximum atomic E-state index is 12.5. The first-order valence-electron chi connectivity index (χ1n) is 35.6. The van der Waals surface area contributed by atoms with E-state index in [1.54, 1.807) is 0 Å². The first-order chi connectivity index (χ1) is 43.6. The Morgan fingerprint density at radius 3 is 0.899 bits per heavy atom. The summed E-state index contributed by atoms with van der Waals surface area (Å²) in [6.45, 7) is 15.9. The second-order valence-electron chi connectivity index (χ2n) is 27.1. The largest absolute Gasteiger partial charge is 0.310 e. The molecule has 0 radical (unpaired) electrons. The van der Waals surface area contributed by atoms with Crippen molar-refractivity contribution in [3.63, 3.8) is 0 Å². The number of hydrogen-bond donors (Lipinski definition) is 0. The number of rotatable bonds is 36. The van der Waals surface area contributed by atoms with E-state index in [1.165, 1.54) is 255 Å². The van der Waals surface area contributed by atoms with Gasteiger partial charge in [0.05, 0.1) is 0 Å². The Balaban J connectivity index is 1.06. The molecule has 3 heteroatoms. The summed E-state index contributed by atoms with van der Waals surface area (Å²) < 4.78 is 0. The molecular weight excluding hydrogens is 1080 g/mol. The van der Waals surface area contributed by atoms with Gasteiger partial charge < -0.3 is 9.80 Å². The number of unbranched alkanes of at least 4 members (excludes halogenated alkanes) is 20. The van der Waals surface area contributed by atoms with Gasteiger partial charge >= 0.3 is 0 Å². The van der Waals surface area contributed by atoms with Crippen molar-refractivity contribution in [3.8, 4) is 33.4 Å². The summed E-state index contributed by atoms with van der Waals surface area (Å²) in [5.41, 5.74) is 25.3. The van der Waals surface area contributed by atoms with Crippen LogP contribution in [-0.2, 0) is 10.8 Å². The molecule has 0 saturated heterocycles. The minimum Gasteiger partial charge on any atom is -0.310 e. The first kappa shape index (κ1) is 65.0. The van der Waals surface area contributed by atoms with Gasteiger partial charge in [-0.05, 0) is 187 Å². The highest BCUT2D eigenvalue weighted by molar-refractivity contribution is 5.90. The van der Waals surface area contributed by atoms with Crippen molar-refractivity contribution in [1.29, 1.82) is 0 Å². The number of aldehydes is 1. The van der Waals surface area contributed by atoms with Crippen LogP contribution in [0.4, 0.5) is 34.1 Å². The monoisotopic (exact) mass is 1180 g/mol. The Bertz CT molecular complexity index is 3440. The molecule has 0 fully saturated rings. The number of aryl methyl sites for hydroxylation is 3. The van der Waals surface area contributed by atoms with Gasteiger partial charge in [-0.15, -0.1) is 0 Å². The third-order valence-corrected chi connectivity index (χ3v) is 20.5.